The van der Waals surface area contributed by atoms with Gasteiger partial charge < -0.3 is 9.64 Å². The Bertz CT molecular complexity index is 920. The van der Waals surface area contributed by atoms with Crippen molar-refractivity contribution in [2.45, 2.75) is 26.2 Å². The van der Waals surface area contributed by atoms with Gasteiger partial charge in [-0.1, -0.05) is 50.2 Å². The van der Waals surface area contributed by atoms with Crippen molar-refractivity contribution in [1.29, 1.82) is 5.26 Å². The highest BCUT2D eigenvalue weighted by molar-refractivity contribution is 6.01. The highest BCUT2D eigenvalue weighted by atomic mass is 16.5. The van der Waals surface area contributed by atoms with Crippen molar-refractivity contribution in [1.82, 2.24) is 0 Å². The molecule has 0 aliphatic heterocycles. The van der Waals surface area contributed by atoms with Gasteiger partial charge in [0, 0.05) is 25.3 Å². The van der Waals surface area contributed by atoms with Gasteiger partial charge in [-0.15, -0.1) is 0 Å². The van der Waals surface area contributed by atoms with Gasteiger partial charge in [-0.3, -0.25) is 4.79 Å². The van der Waals surface area contributed by atoms with Gasteiger partial charge in [0.15, 0.2) is 12.4 Å². The van der Waals surface area contributed by atoms with E-state index in [-0.39, 0.29) is 11.4 Å². The summed E-state index contributed by atoms with van der Waals surface area (Å²) in [6, 6.07) is 16.6. The molecule has 0 saturated carbocycles. The van der Waals surface area contributed by atoms with Crippen LogP contribution in [0.5, 0.6) is 0 Å². The normalized spacial score (nSPS) is 12.0. The summed E-state index contributed by atoms with van der Waals surface area (Å²) in [5.74, 6) is -0.692. The molecule has 150 valence electrons. The van der Waals surface area contributed by atoms with Crippen molar-refractivity contribution < 1.29 is 14.3 Å². The maximum Gasteiger partial charge on any atom is 0.349 e. The number of benzene rings is 2. The van der Waals surface area contributed by atoms with Gasteiger partial charge in [-0.05, 0) is 41.7 Å². The summed E-state index contributed by atoms with van der Waals surface area (Å²) < 4.78 is 5.06. The van der Waals surface area contributed by atoms with Crippen LogP contribution in [-0.2, 0) is 9.53 Å². The quantitative estimate of drug-likeness (QED) is 0.285. The standard InChI is InChI=1S/C24H26N2O3/c1-5-17(2)19-8-10-20(11-9-19)23(27)16-29-24(28)21(15-25)14-18-6-12-22(13-7-18)26(3)4/h6-14,17H,5,16H2,1-4H3/b21-14+/t17-/m1/s1. The lowest BCUT2D eigenvalue weighted by molar-refractivity contribution is -0.137. The Kier molecular flexibility index (Phi) is 7.73. The number of esters is 1. The van der Waals surface area contributed by atoms with Crippen LogP contribution in [0.4, 0.5) is 5.69 Å². The van der Waals surface area contributed by atoms with Crippen molar-refractivity contribution in [2.75, 3.05) is 25.6 Å². The number of ether oxygens (including phenoxy) is 1. The van der Waals surface area contributed by atoms with E-state index in [2.05, 4.69) is 13.8 Å². The summed E-state index contributed by atoms with van der Waals surface area (Å²) in [4.78, 5) is 26.4. The van der Waals surface area contributed by atoms with Crippen LogP contribution >= 0.6 is 0 Å². The zero-order valence-corrected chi connectivity index (χ0v) is 17.3. The Morgan fingerprint density at radius 3 is 2.24 bits per heavy atom. The molecule has 2 aromatic carbocycles. The largest absolute Gasteiger partial charge is 0.453 e. The van der Waals surface area contributed by atoms with Crippen LogP contribution in [0.15, 0.2) is 54.1 Å². The fourth-order valence-corrected chi connectivity index (χ4v) is 2.70. The molecule has 0 spiro atoms. The fourth-order valence-electron chi connectivity index (χ4n) is 2.70. The van der Waals surface area contributed by atoms with E-state index in [1.807, 2.05) is 61.5 Å². The number of Topliss-reactive ketones (excluding diaryl/α,β-unsaturated/α-hetero) is 1. The number of carbonyl (C=O) groups is 2. The molecule has 0 aromatic heterocycles. The molecule has 0 fully saturated rings. The Hall–Kier alpha value is -3.39. The lowest BCUT2D eigenvalue weighted by Gasteiger charge is -2.11. The summed E-state index contributed by atoms with van der Waals surface area (Å²) in [5, 5.41) is 9.28. The lowest BCUT2D eigenvalue weighted by Crippen LogP contribution is -2.15. The molecule has 0 N–H and O–H groups in total. The highest BCUT2D eigenvalue weighted by Gasteiger charge is 2.15. The second-order valence-corrected chi connectivity index (χ2v) is 7.09. The van der Waals surface area contributed by atoms with Gasteiger partial charge in [-0.25, -0.2) is 4.79 Å². The second kappa shape index (κ2) is 10.2. The Labute approximate surface area is 172 Å². The molecule has 0 aliphatic carbocycles. The first-order chi connectivity index (χ1) is 13.8. The number of hydrogen-bond donors (Lipinski definition) is 0. The number of nitriles is 1. The second-order valence-electron chi connectivity index (χ2n) is 7.09. The molecule has 0 heterocycles. The molecule has 29 heavy (non-hydrogen) atoms. The van der Waals surface area contributed by atoms with Gasteiger partial charge in [-0.2, -0.15) is 5.26 Å². The number of anilines is 1. The first kappa shape index (κ1) is 21.9. The predicted octanol–water partition coefficient (Wildman–Crippen LogP) is 4.60. The molecule has 0 amide bonds. The molecule has 0 aliphatic rings. The van der Waals surface area contributed by atoms with Crippen LogP contribution in [0.25, 0.3) is 6.08 Å². The third-order valence-electron chi connectivity index (χ3n) is 4.81. The third kappa shape index (κ3) is 6.05. The molecule has 5 nitrogen and oxygen atoms in total. The molecule has 2 aromatic rings. The molecular formula is C24H26N2O3. The topological polar surface area (TPSA) is 70.4 Å². The monoisotopic (exact) mass is 390 g/mol. The SMILES string of the molecule is CC[C@@H](C)c1ccc(C(=O)COC(=O)/C(C#N)=C/c2ccc(N(C)C)cc2)cc1. The van der Waals surface area contributed by atoms with Crippen molar-refractivity contribution in [3.8, 4) is 6.07 Å². The van der Waals surface area contributed by atoms with Crippen LogP contribution < -0.4 is 4.90 Å². The van der Waals surface area contributed by atoms with Crippen LogP contribution in [0, 0.1) is 11.3 Å². The van der Waals surface area contributed by atoms with E-state index < -0.39 is 12.6 Å². The minimum atomic E-state index is -0.811. The van der Waals surface area contributed by atoms with Gasteiger partial charge in [0.1, 0.15) is 11.6 Å². The Balaban J connectivity index is 2.00. The minimum Gasteiger partial charge on any atom is -0.453 e. The minimum absolute atomic E-state index is 0.150. The number of nitrogens with zero attached hydrogens (tertiary/aromatic N) is 2. The predicted molar refractivity (Wildman–Crippen MR) is 115 cm³/mol. The number of rotatable bonds is 8. The van der Waals surface area contributed by atoms with Crippen LogP contribution in [-0.4, -0.2) is 32.5 Å². The zero-order valence-electron chi connectivity index (χ0n) is 17.3. The first-order valence-electron chi connectivity index (χ1n) is 9.55. The summed E-state index contributed by atoms with van der Waals surface area (Å²) in [6.45, 7) is 3.84. The van der Waals surface area contributed by atoms with Crippen LogP contribution in [0.3, 0.4) is 0 Å². The van der Waals surface area contributed by atoms with Gasteiger partial charge in [0.05, 0.1) is 0 Å². The van der Waals surface area contributed by atoms with E-state index >= 15 is 0 Å². The third-order valence-corrected chi connectivity index (χ3v) is 4.81. The molecule has 5 heteroatoms. The van der Waals surface area contributed by atoms with E-state index in [0.29, 0.717) is 17.0 Å². The maximum absolute atomic E-state index is 12.3. The summed E-state index contributed by atoms with van der Waals surface area (Å²) in [5.41, 5.74) is 3.20. The van der Waals surface area contributed by atoms with Crippen LogP contribution in [0.1, 0.15) is 47.7 Å². The molecule has 0 unspecified atom stereocenters. The van der Waals surface area contributed by atoms with E-state index in [9.17, 15) is 14.9 Å². The summed E-state index contributed by atoms with van der Waals surface area (Å²) >= 11 is 0. The highest BCUT2D eigenvalue weighted by Crippen LogP contribution is 2.19. The lowest BCUT2D eigenvalue weighted by atomic mass is 9.97. The Morgan fingerprint density at radius 1 is 1.10 bits per heavy atom. The number of hydrogen-bond acceptors (Lipinski definition) is 5. The molecule has 0 radical (unpaired) electrons. The van der Waals surface area contributed by atoms with Crippen molar-refractivity contribution in [3.63, 3.8) is 0 Å². The van der Waals surface area contributed by atoms with Crippen LogP contribution in [0.2, 0.25) is 0 Å². The summed E-state index contributed by atoms with van der Waals surface area (Å²) in [6.07, 6.45) is 2.47. The van der Waals surface area contributed by atoms with Gasteiger partial charge >= 0.3 is 5.97 Å². The van der Waals surface area contributed by atoms with Crippen molar-refractivity contribution in [2.24, 2.45) is 0 Å². The molecule has 2 rings (SSSR count). The fraction of sp³-hybridized carbons (Fsp3) is 0.292. The molecular weight excluding hydrogens is 364 g/mol. The number of carbonyl (C=O) groups excluding carboxylic acids is 2. The molecule has 1 atom stereocenters. The van der Waals surface area contributed by atoms with Crippen molar-refractivity contribution in [3.05, 3.63) is 70.8 Å². The van der Waals surface area contributed by atoms with E-state index in [0.717, 1.165) is 17.7 Å². The van der Waals surface area contributed by atoms with Gasteiger partial charge in [0.25, 0.3) is 0 Å². The number of ketones is 1. The van der Waals surface area contributed by atoms with E-state index in [1.54, 1.807) is 12.1 Å². The maximum atomic E-state index is 12.3. The molecule has 0 bridgehead atoms. The van der Waals surface area contributed by atoms with Gasteiger partial charge in [0.2, 0.25) is 0 Å². The average Bonchev–Trinajstić information content (AvgIpc) is 2.75. The molecule has 0 saturated heterocycles. The summed E-state index contributed by atoms with van der Waals surface area (Å²) in [7, 11) is 3.86. The first-order valence-corrected chi connectivity index (χ1v) is 9.55. The zero-order chi connectivity index (χ0) is 21.4. The Morgan fingerprint density at radius 2 is 1.72 bits per heavy atom. The van der Waals surface area contributed by atoms with E-state index in [4.69, 9.17) is 4.74 Å². The smallest absolute Gasteiger partial charge is 0.349 e. The average molecular weight is 390 g/mol. The van der Waals surface area contributed by atoms with Crippen molar-refractivity contribution >= 4 is 23.5 Å². The van der Waals surface area contributed by atoms with E-state index in [1.165, 1.54) is 6.08 Å².